The molecular formula is C16H23NO3. The summed E-state index contributed by atoms with van der Waals surface area (Å²) in [5, 5.41) is 3.30. The van der Waals surface area contributed by atoms with Crippen LogP contribution in [0.5, 0.6) is 5.75 Å². The molecule has 20 heavy (non-hydrogen) atoms. The van der Waals surface area contributed by atoms with Crippen LogP contribution in [0.1, 0.15) is 31.7 Å². The van der Waals surface area contributed by atoms with E-state index in [1.54, 1.807) is 0 Å². The lowest BCUT2D eigenvalue weighted by molar-refractivity contribution is -0.141. The molecule has 0 spiro atoms. The molecule has 1 atom stereocenters. The van der Waals surface area contributed by atoms with Crippen LogP contribution in [0.2, 0.25) is 0 Å². The highest BCUT2D eigenvalue weighted by Gasteiger charge is 2.21. The molecule has 0 heterocycles. The average molecular weight is 277 g/mol. The number of nitrogens with one attached hydrogen (secondary N) is 1. The van der Waals surface area contributed by atoms with E-state index >= 15 is 0 Å². The van der Waals surface area contributed by atoms with Gasteiger partial charge in [-0.25, -0.2) is 0 Å². The summed E-state index contributed by atoms with van der Waals surface area (Å²) < 4.78 is 10.3. The van der Waals surface area contributed by atoms with Gasteiger partial charge in [0.1, 0.15) is 5.75 Å². The third-order valence-corrected chi connectivity index (χ3v) is 3.46. The molecular weight excluding hydrogens is 254 g/mol. The second-order valence-electron chi connectivity index (χ2n) is 5.46. The lowest BCUT2D eigenvalue weighted by Crippen LogP contribution is -2.28. The fourth-order valence-electron chi connectivity index (χ4n) is 1.90. The molecule has 0 amide bonds. The van der Waals surface area contributed by atoms with Crippen LogP contribution in [0.15, 0.2) is 24.3 Å². The third kappa shape index (κ3) is 5.21. The summed E-state index contributed by atoms with van der Waals surface area (Å²) in [4.78, 5) is 11.1. The van der Waals surface area contributed by atoms with Crippen LogP contribution in [-0.4, -0.2) is 25.7 Å². The summed E-state index contributed by atoms with van der Waals surface area (Å²) in [6, 6.07) is 8.22. The molecule has 1 aromatic rings. The molecule has 0 saturated heterocycles. The predicted molar refractivity (Wildman–Crippen MR) is 77.6 cm³/mol. The number of esters is 1. The van der Waals surface area contributed by atoms with Gasteiger partial charge in [-0.15, -0.1) is 0 Å². The number of carbonyl (C=O) groups excluding carboxylic acids is 1. The Morgan fingerprint density at radius 3 is 2.65 bits per heavy atom. The van der Waals surface area contributed by atoms with E-state index in [1.807, 2.05) is 19.1 Å². The van der Waals surface area contributed by atoms with Crippen molar-refractivity contribution < 1.29 is 14.3 Å². The third-order valence-electron chi connectivity index (χ3n) is 3.46. The number of methoxy groups -OCH3 is 1. The number of carbonyl (C=O) groups is 1. The summed E-state index contributed by atoms with van der Waals surface area (Å²) in [5.74, 6) is 1.52. The maximum absolute atomic E-state index is 11.1. The van der Waals surface area contributed by atoms with Crippen molar-refractivity contribution in [2.75, 3.05) is 13.7 Å². The Hall–Kier alpha value is -1.55. The Morgan fingerprint density at radius 1 is 1.35 bits per heavy atom. The lowest BCUT2D eigenvalue weighted by atomic mass is 10.2. The van der Waals surface area contributed by atoms with Gasteiger partial charge in [0.15, 0.2) is 0 Å². The highest BCUT2D eigenvalue weighted by Crippen LogP contribution is 2.29. The van der Waals surface area contributed by atoms with Gasteiger partial charge in [-0.2, -0.15) is 0 Å². The zero-order valence-electron chi connectivity index (χ0n) is 12.2. The van der Waals surface area contributed by atoms with E-state index < -0.39 is 0 Å². The number of benzene rings is 1. The Kier molecular flexibility index (Phi) is 5.41. The minimum atomic E-state index is -0.186. The van der Waals surface area contributed by atoms with E-state index in [-0.39, 0.29) is 12.0 Å². The van der Waals surface area contributed by atoms with Crippen LogP contribution in [0.25, 0.3) is 0 Å². The molecule has 0 aliphatic heterocycles. The summed E-state index contributed by atoms with van der Waals surface area (Å²) in [6.07, 6.45) is 3.00. The van der Waals surface area contributed by atoms with Crippen molar-refractivity contribution in [3.8, 4) is 5.75 Å². The Morgan fingerprint density at radius 2 is 2.05 bits per heavy atom. The first kappa shape index (κ1) is 14.9. The number of hydrogen-bond acceptors (Lipinski definition) is 4. The topological polar surface area (TPSA) is 47.6 Å². The standard InChI is InChI=1S/C16H23NO3/c1-12(9-16(18)19-2)17-10-13-5-7-15(8-6-13)20-11-14-3-4-14/h5-8,12,14,17H,3-4,9-11H2,1-2H3/t12-/m1/s1. The minimum absolute atomic E-state index is 0.105. The molecule has 110 valence electrons. The van der Waals surface area contributed by atoms with Crippen LogP contribution in [0.3, 0.4) is 0 Å². The second kappa shape index (κ2) is 7.29. The molecule has 0 unspecified atom stereocenters. The number of rotatable bonds is 8. The summed E-state index contributed by atoms with van der Waals surface area (Å²) in [7, 11) is 1.41. The fourth-order valence-corrected chi connectivity index (χ4v) is 1.90. The zero-order valence-corrected chi connectivity index (χ0v) is 12.2. The van der Waals surface area contributed by atoms with Crippen LogP contribution in [-0.2, 0) is 16.1 Å². The van der Waals surface area contributed by atoms with Crippen LogP contribution < -0.4 is 10.1 Å². The van der Waals surface area contributed by atoms with E-state index in [4.69, 9.17) is 4.74 Å². The SMILES string of the molecule is COC(=O)C[C@@H](C)NCc1ccc(OCC2CC2)cc1. The molecule has 4 heteroatoms. The Labute approximate surface area is 120 Å². The lowest BCUT2D eigenvalue weighted by Gasteiger charge is -2.13. The van der Waals surface area contributed by atoms with Gasteiger partial charge in [0.2, 0.25) is 0 Å². The van der Waals surface area contributed by atoms with Gasteiger partial charge >= 0.3 is 5.97 Å². The van der Waals surface area contributed by atoms with Gasteiger partial charge in [-0.1, -0.05) is 12.1 Å². The van der Waals surface area contributed by atoms with Crippen molar-refractivity contribution >= 4 is 5.97 Å². The van der Waals surface area contributed by atoms with Crippen molar-refractivity contribution in [2.45, 2.75) is 38.8 Å². The highest BCUT2D eigenvalue weighted by molar-refractivity contribution is 5.69. The highest BCUT2D eigenvalue weighted by atomic mass is 16.5. The quantitative estimate of drug-likeness (QED) is 0.742. The maximum Gasteiger partial charge on any atom is 0.307 e. The molecule has 0 bridgehead atoms. The first-order valence-corrected chi connectivity index (χ1v) is 7.19. The van der Waals surface area contributed by atoms with E-state index in [9.17, 15) is 4.79 Å². The molecule has 2 rings (SSSR count). The van der Waals surface area contributed by atoms with Crippen LogP contribution in [0.4, 0.5) is 0 Å². The first-order chi connectivity index (χ1) is 9.67. The predicted octanol–water partition coefficient (Wildman–Crippen LogP) is 2.52. The minimum Gasteiger partial charge on any atom is -0.493 e. The molecule has 1 N–H and O–H groups in total. The van der Waals surface area contributed by atoms with Crippen LogP contribution in [0, 0.1) is 5.92 Å². The van der Waals surface area contributed by atoms with Gasteiger partial charge in [0.05, 0.1) is 20.1 Å². The molecule has 1 saturated carbocycles. The van der Waals surface area contributed by atoms with E-state index in [0.29, 0.717) is 6.42 Å². The van der Waals surface area contributed by atoms with Crippen molar-refractivity contribution in [1.29, 1.82) is 0 Å². The summed E-state index contributed by atoms with van der Waals surface area (Å²) in [5.41, 5.74) is 1.18. The second-order valence-corrected chi connectivity index (χ2v) is 5.46. The maximum atomic E-state index is 11.1. The largest absolute Gasteiger partial charge is 0.493 e. The zero-order chi connectivity index (χ0) is 14.4. The van der Waals surface area contributed by atoms with Crippen molar-refractivity contribution in [3.05, 3.63) is 29.8 Å². The summed E-state index contributed by atoms with van der Waals surface area (Å²) >= 11 is 0. The Balaban J connectivity index is 1.70. The number of hydrogen-bond donors (Lipinski definition) is 1. The van der Waals surface area contributed by atoms with Crippen molar-refractivity contribution in [3.63, 3.8) is 0 Å². The van der Waals surface area contributed by atoms with E-state index in [1.165, 1.54) is 25.5 Å². The van der Waals surface area contributed by atoms with Gasteiger partial charge in [-0.3, -0.25) is 4.79 Å². The van der Waals surface area contributed by atoms with Gasteiger partial charge in [0.25, 0.3) is 0 Å². The monoisotopic (exact) mass is 277 g/mol. The molecule has 0 aromatic heterocycles. The summed E-state index contributed by atoms with van der Waals surface area (Å²) in [6.45, 7) is 3.55. The van der Waals surface area contributed by atoms with Gasteiger partial charge in [0, 0.05) is 12.6 Å². The Bertz CT molecular complexity index is 426. The first-order valence-electron chi connectivity index (χ1n) is 7.19. The average Bonchev–Trinajstić information content (AvgIpc) is 3.28. The molecule has 1 aromatic carbocycles. The molecule has 1 aliphatic rings. The molecule has 0 radical (unpaired) electrons. The van der Waals surface area contributed by atoms with E-state index in [2.05, 4.69) is 22.2 Å². The van der Waals surface area contributed by atoms with Gasteiger partial charge in [-0.05, 0) is 43.4 Å². The molecule has 1 fully saturated rings. The van der Waals surface area contributed by atoms with Crippen LogP contribution >= 0.6 is 0 Å². The normalized spacial score (nSPS) is 15.7. The van der Waals surface area contributed by atoms with Crippen molar-refractivity contribution in [2.24, 2.45) is 5.92 Å². The molecule has 4 nitrogen and oxygen atoms in total. The molecule has 1 aliphatic carbocycles. The fraction of sp³-hybridized carbons (Fsp3) is 0.562. The smallest absolute Gasteiger partial charge is 0.307 e. The van der Waals surface area contributed by atoms with Gasteiger partial charge < -0.3 is 14.8 Å². The number of ether oxygens (including phenoxy) is 2. The van der Waals surface area contributed by atoms with E-state index in [0.717, 1.165) is 24.8 Å². The van der Waals surface area contributed by atoms with Crippen molar-refractivity contribution in [1.82, 2.24) is 5.32 Å².